The van der Waals surface area contributed by atoms with Gasteiger partial charge in [0.25, 0.3) is 10.9 Å². The van der Waals surface area contributed by atoms with Crippen LogP contribution in [0.2, 0.25) is 0 Å². The molecule has 9 nitrogen and oxygen atoms in total. The maximum atomic E-state index is 11.9. The van der Waals surface area contributed by atoms with Gasteiger partial charge in [-0.1, -0.05) is 11.8 Å². The van der Waals surface area contributed by atoms with E-state index >= 15 is 0 Å². The van der Waals surface area contributed by atoms with Crippen molar-refractivity contribution >= 4 is 29.0 Å². The fourth-order valence-corrected chi connectivity index (χ4v) is 2.16. The zero-order valence-corrected chi connectivity index (χ0v) is 12.5. The van der Waals surface area contributed by atoms with Crippen molar-refractivity contribution in [3.63, 3.8) is 0 Å². The van der Waals surface area contributed by atoms with Crippen LogP contribution in [0.3, 0.4) is 0 Å². The summed E-state index contributed by atoms with van der Waals surface area (Å²) in [5.41, 5.74) is 0.0836. The van der Waals surface area contributed by atoms with Gasteiger partial charge in [-0.25, -0.2) is 0 Å². The largest absolute Gasteiger partial charge is 0.495 e. The molecule has 1 amide bonds. The number of amides is 1. The number of carbonyl (C=O) groups excluding carboxylic acids is 1. The molecule has 0 saturated heterocycles. The molecule has 0 saturated carbocycles. The SMILES string of the molecule is COc1ccc([N+](=O)[O-])cc1NC(=O)CSc1nnc(C)o1. The first-order valence-electron chi connectivity index (χ1n) is 6.05. The second kappa shape index (κ2) is 6.89. The molecule has 1 N–H and O–H groups in total. The van der Waals surface area contributed by atoms with Crippen LogP contribution in [-0.4, -0.2) is 33.9 Å². The van der Waals surface area contributed by atoms with E-state index in [-0.39, 0.29) is 28.3 Å². The second-order valence-electron chi connectivity index (χ2n) is 4.07. The minimum atomic E-state index is -0.551. The molecule has 0 aliphatic rings. The van der Waals surface area contributed by atoms with E-state index in [2.05, 4.69) is 15.5 Å². The molecule has 1 aromatic carbocycles. The number of hydrogen-bond acceptors (Lipinski definition) is 8. The standard InChI is InChI=1S/C12H12N4O5S/c1-7-14-15-12(21-7)22-6-11(17)13-9-5-8(16(18)19)3-4-10(9)20-2/h3-5H,6H2,1-2H3,(H,13,17). The summed E-state index contributed by atoms with van der Waals surface area (Å²) < 4.78 is 10.2. The molecule has 22 heavy (non-hydrogen) atoms. The molecule has 0 aliphatic carbocycles. The number of nitrogens with zero attached hydrogens (tertiary/aromatic N) is 3. The molecule has 2 rings (SSSR count). The number of benzene rings is 1. The molecule has 116 valence electrons. The minimum Gasteiger partial charge on any atom is -0.495 e. The van der Waals surface area contributed by atoms with E-state index in [4.69, 9.17) is 9.15 Å². The van der Waals surface area contributed by atoms with Crippen LogP contribution in [-0.2, 0) is 4.79 Å². The van der Waals surface area contributed by atoms with Gasteiger partial charge in [-0.15, -0.1) is 10.2 Å². The van der Waals surface area contributed by atoms with Crippen LogP contribution in [0.15, 0.2) is 27.8 Å². The predicted molar refractivity (Wildman–Crippen MR) is 78.0 cm³/mol. The third-order valence-corrected chi connectivity index (χ3v) is 3.32. The summed E-state index contributed by atoms with van der Waals surface area (Å²) in [6, 6.07) is 3.95. The first-order valence-corrected chi connectivity index (χ1v) is 7.03. The summed E-state index contributed by atoms with van der Waals surface area (Å²) in [6.45, 7) is 1.64. The molecule has 10 heteroatoms. The number of carbonyl (C=O) groups is 1. The smallest absolute Gasteiger partial charge is 0.277 e. The molecule has 2 aromatic rings. The van der Waals surface area contributed by atoms with Crippen LogP contribution in [0.1, 0.15) is 5.89 Å². The Balaban J connectivity index is 2.03. The van der Waals surface area contributed by atoms with Gasteiger partial charge in [0.2, 0.25) is 11.8 Å². The monoisotopic (exact) mass is 324 g/mol. The van der Waals surface area contributed by atoms with Gasteiger partial charge < -0.3 is 14.5 Å². The summed E-state index contributed by atoms with van der Waals surface area (Å²) in [5.74, 6) is 0.383. The molecule has 0 spiro atoms. The Hall–Kier alpha value is -2.62. The van der Waals surface area contributed by atoms with Gasteiger partial charge in [0.15, 0.2) is 0 Å². The first-order chi connectivity index (χ1) is 10.5. The number of methoxy groups -OCH3 is 1. The van der Waals surface area contributed by atoms with Gasteiger partial charge in [-0.05, 0) is 6.07 Å². The third-order valence-electron chi connectivity index (χ3n) is 2.50. The van der Waals surface area contributed by atoms with Crippen LogP contribution < -0.4 is 10.1 Å². The zero-order chi connectivity index (χ0) is 16.1. The highest BCUT2D eigenvalue weighted by atomic mass is 32.2. The Bertz CT molecular complexity index is 703. The zero-order valence-electron chi connectivity index (χ0n) is 11.7. The Labute approximate surface area is 129 Å². The second-order valence-corrected chi connectivity index (χ2v) is 4.99. The Kier molecular flexibility index (Phi) is 4.94. The average molecular weight is 324 g/mol. The van der Waals surface area contributed by atoms with Crippen LogP contribution in [0.5, 0.6) is 5.75 Å². The minimum absolute atomic E-state index is 0.0213. The molecular formula is C12H12N4O5S. The van der Waals surface area contributed by atoms with Crippen molar-refractivity contribution in [1.29, 1.82) is 0 Å². The summed E-state index contributed by atoms with van der Waals surface area (Å²) in [7, 11) is 1.41. The van der Waals surface area contributed by atoms with Gasteiger partial charge in [0.05, 0.1) is 23.5 Å². The number of rotatable bonds is 6. The van der Waals surface area contributed by atoms with Crippen molar-refractivity contribution < 1.29 is 18.9 Å². The number of aromatic nitrogens is 2. The van der Waals surface area contributed by atoms with E-state index in [9.17, 15) is 14.9 Å². The van der Waals surface area contributed by atoms with E-state index in [1.54, 1.807) is 6.92 Å². The van der Waals surface area contributed by atoms with E-state index in [0.29, 0.717) is 11.6 Å². The van der Waals surface area contributed by atoms with Gasteiger partial charge in [0.1, 0.15) is 5.75 Å². The molecule has 1 heterocycles. The fraction of sp³-hybridized carbons (Fsp3) is 0.250. The maximum absolute atomic E-state index is 11.9. The number of non-ortho nitro benzene ring substituents is 1. The molecule has 0 aliphatic heterocycles. The van der Waals surface area contributed by atoms with Crippen molar-refractivity contribution in [1.82, 2.24) is 10.2 Å². The summed E-state index contributed by atoms with van der Waals surface area (Å²) in [6.07, 6.45) is 0. The van der Waals surface area contributed by atoms with E-state index in [0.717, 1.165) is 11.8 Å². The Morgan fingerprint density at radius 1 is 1.50 bits per heavy atom. The van der Waals surface area contributed by atoms with E-state index < -0.39 is 4.92 Å². The highest BCUT2D eigenvalue weighted by Crippen LogP contribution is 2.29. The lowest BCUT2D eigenvalue weighted by molar-refractivity contribution is -0.384. The topological polar surface area (TPSA) is 120 Å². The number of nitrogens with one attached hydrogen (secondary N) is 1. The lowest BCUT2D eigenvalue weighted by Crippen LogP contribution is -2.14. The summed E-state index contributed by atoms with van der Waals surface area (Å²) in [4.78, 5) is 22.1. The number of nitro groups is 1. The summed E-state index contributed by atoms with van der Waals surface area (Å²) >= 11 is 1.07. The average Bonchev–Trinajstić information content (AvgIpc) is 2.90. The number of nitro benzene ring substituents is 1. The number of thioether (sulfide) groups is 1. The van der Waals surface area contributed by atoms with Crippen LogP contribution in [0, 0.1) is 17.0 Å². The van der Waals surface area contributed by atoms with Crippen molar-refractivity contribution in [3.05, 3.63) is 34.2 Å². The van der Waals surface area contributed by atoms with E-state index in [1.807, 2.05) is 0 Å². The van der Waals surface area contributed by atoms with Gasteiger partial charge >= 0.3 is 0 Å². The number of hydrogen-bond donors (Lipinski definition) is 1. The molecule has 1 aromatic heterocycles. The third kappa shape index (κ3) is 3.95. The first kappa shape index (κ1) is 15.8. The highest BCUT2D eigenvalue weighted by Gasteiger charge is 2.14. The summed E-state index contributed by atoms with van der Waals surface area (Å²) in [5, 5.41) is 21.0. The predicted octanol–water partition coefficient (Wildman–Crippen LogP) is 2.03. The number of aryl methyl sites for hydroxylation is 1. The molecule has 0 fully saturated rings. The van der Waals surface area contributed by atoms with E-state index in [1.165, 1.54) is 25.3 Å². The number of ether oxygens (including phenoxy) is 1. The Morgan fingerprint density at radius 2 is 2.27 bits per heavy atom. The number of anilines is 1. The van der Waals surface area contributed by atoms with Gasteiger partial charge in [-0.2, -0.15) is 0 Å². The van der Waals surface area contributed by atoms with Crippen molar-refractivity contribution in [2.24, 2.45) is 0 Å². The fourth-order valence-electron chi connectivity index (χ4n) is 1.56. The lowest BCUT2D eigenvalue weighted by atomic mass is 10.2. The lowest BCUT2D eigenvalue weighted by Gasteiger charge is -2.09. The van der Waals surface area contributed by atoms with Crippen LogP contribution in [0.4, 0.5) is 11.4 Å². The van der Waals surface area contributed by atoms with Gasteiger partial charge in [0, 0.05) is 19.1 Å². The molecule has 0 unspecified atom stereocenters. The van der Waals surface area contributed by atoms with Crippen molar-refractivity contribution in [3.8, 4) is 5.75 Å². The molecule has 0 bridgehead atoms. The molecule has 0 radical (unpaired) electrons. The normalized spacial score (nSPS) is 10.3. The Morgan fingerprint density at radius 3 is 2.86 bits per heavy atom. The van der Waals surface area contributed by atoms with Crippen molar-refractivity contribution in [2.45, 2.75) is 12.1 Å². The van der Waals surface area contributed by atoms with Gasteiger partial charge in [-0.3, -0.25) is 14.9 Å². The maximum Gasteiger partial charge on any atom is 0.277 e. The molecular weight excluding hydrogens is 312 g/mol. The van der Waals surface area contributed by atoms with Crippen molar-refractivity contribution in [2.75, 3.05) is 18.2 Å². The highest BCUT2D eigenvalue weighted by molar-refractivity contribution is 7.99. The quantitative estimate of drug-likeness (QED) is 0.487. The van der Waals surface area contributed by atoms with Crippen LogP contribution in [0.25, 0.3) is 0 Å². The van der Waals surface area contributed by atoms with Crippen LogP contribution >= 0.6 is 11.8 Å². The molecule has 0 atom stereocenters.